The quantitative estimate of drug-likeness (QED) is 0.139. The molecule has 1 aliphatic heterocycles. The molecule has 1 fully saturated rings. The van der Waals surface area contributed by atoms with E-state index in [1.165, 1.54) is 0 Å². The molecule has 0 aromatic rings. The van der Waals surface area contributed by atoms with E-state index in [9.17, 15) is 10.2 Å². The second-order valence-corrected chi connectivity index (χ2v) is 2.78. The third-order valence-corrected chi connectivity index (χ3v) is 1.95. The van der Waals surface area contributed by atoms with Gasteiger partial charge in [-0.1, -0.05) is 5.16 Å². The summed E-state index contributed by atoms with van der Waals surface area (Å²) in [5, 5.41) is 38.2. The fourth-order valence-electron chi connectivity index (χ4n) is 1.20. The van der Waals surface area contributed by atoms with Crippen LogP contribution in [-0.2, 0) is 4.74 Å². The van der Waals surface area contributed by atoms with Gasteiger partial charge >= 0.3 is 0 Å². The van der Waals surface area contributed by atoms with Crippen molar-refractivity contribution in [1.82, 2.24) is 0 Å². The zero-order valence-electron chi connectivity index (χ0n) is 6.74. The van der Waals surface area contributed by atoms with Gasteiger partial charge in [-0.2, -0.15) is 0 Å². The summed E-state index contributed by atoms with van der Waals surface area (Å²) in [6.07, 6.45) is -4.49. The Hall–Kier alpha value is -0.890. The fourth-order valence-corrected chi connectivity index (χ4v) is 1.20. The molecule has 76 valence electrons. The van der Waals surface area contributed by atoms with E-state index in [1.54, 1.807) is 0 Å². The van der Waals surface area contributed by atoms with Crippen LogP contribution in [0.15, 0.2) is 5.16 Å². The van der Waals surface area contributed by atoms with Crippen molar-refractivity contribution in [1.29, 1.82) is 0 Å². The summed E-state index contributed by atoms with van der Waals surface area (Å²) >= 11 is 0. The zero-order chi connectivity index (χ0) is 10.0. The number of aliphatic hydroxyl groups excluding tert-OH is 3. The van der Waals surface area contributed by atoms with Crippen molar-refractivity contribution in [2.45, 2.75) is 24.4 Å². The first-order valence-electron chi connectivity index (χ1n) is 3.71. The summed E-state index contributed by atoms with van der Waals surface area (Å²) in [7, 11) is 0. The summed E-state index contributed by atoms with van der Waals surface area (Å²) in [4.78, 5) is 0. The SMILES string of the molecule is N/C(=N\O)[C@@H]1O[C@H](CO)[C@@H](O)[C@H]1O. The van der Waals surface area contributed by atoms with E-state index in [1.807, 2.05) is 0 Å². The number of hydrogen-bond acceptors (Lipinski definition) is 6. The maximum atomic E-state index is 9.30. The lowest BCUT2D eigenvalue weighted by Crippen LogP contribution is -2.40. The van der Waals surface area contributed by atoms with Crippen molar-refractivity contribution in [3.8, 4) is 0 Å². The van der Waals surface area contributed by atoms with Crippen LogP contribution < -0.4 is 5.73 Å². The number of oxime groups is 1. The molecule has 0 aromatic heterocycles. The monoisotopic (exact) mass is 192 g/mol. The van der Waals surface area contributed by atoms with Gasteiger partial charge in [0.2, 0.25) is 0 Å². The molecule has 1 saturated heterocycles. The molecule has 4 atom stereocenters. The van der Waals surface area contributed by atoms with Crippen LogP contribution in [0.5, 0.6) is 0 Å². The molecule has 1 heterocycles. The predicted octanol–water partition coefficient (Wildman–Crippen LogP) is -2.79. The Morgan fingerprint density at radius 2 is 2.00 bits per heavy atom. The molecule has 0 unspecified atom stereocenters. The van der Waals surface area contributed by atoms with E-state index in [0.29, 0.717) is 0 Å². The maximum absolute atomic E-state index is 9.30. The molecule has 0 bridgehead atoms. The lowest BCUT2D eigenvalue weighted by atomic mass is 10.1. The van der Waals surface area contributed by atoms with E-state index in [2.05, 4.69) is 5.16 Å². The van der Waals surface area contributed by atoms with Crippen LogP contribution in [0.25, 0.3) is 0 Å². The van der Waals surface area contributed by atoms with Gasteiger partial charge in [-0.15, -0.1) is 0 Å². The molecule has 0 aliphatic carbocycles. The number of rotatable bonds is 2. The van der Waals surface area contributed by atoms with Crippen LogP contribution in [0, 0.1) is 0 Å². The molecule has 1 aliphatic rings. The normalized spacial score (nSPS) is 41.0. The number of nitrogens with zero attached hydrogens (tertiary/aromatic N) is 1. The van der Waals surface area contributed by atoms with Gasteiger partial charge in [-0.25, -0.2) is 0 Å². The van der Waals surface area contributed by atoms with Crippen LogP contribution >= 0.6 is 0 Å². The van der Waals surface area contributed by atoms with E-state index in [4.69, 9.17) is 20.8 Å². The first kappa shape index (κ1) is 10.2. The zero-order valence-corrected chi connectivity index (χ0v) is 6.74. The first-order valence-corrected chi connectivity index (χ1v) is 3.71. The summed E-state index contributed by atoms with van der Waals surface area (Å²) in [6.45, 7) is -0.437. The van der Waals surface area contributed by atoms with Gasteiger partial charge in [0.15, 0.2) is 5.84 Å². The smallest absolute Gasteiger partial charge is 0.171 e. The lowest BCUT2D eigenvalue weighted by Gasteiger charge is -2.11. The molecule has 0 radical (unpaired) electrons. The minimum Gasteiger partial charge on any atom is -0.409 e. The summed E-state index contributed by atoms with van der Waals surface area (Å²) in [6, 6.07) is 0. The minimum absolute atomic E-state index is 0.331. The fraction of sp³-hybridized carbons (Fsp3) is 0.833. The molecule has 0 amide bonds. The number of amidine groups is 1. The largest absolute Gasteiger partial charge is 0.409 e. The van der Waals surface area contributed by atoms with E-state index in [-0.39, 0.29) is 5.84 Å². The molecule has 1 rings (SSSR count). The highest BCUT2D eigenvalue weighted by Crippen LogP contribution is 2.20. The average Bonchev–Trinajstić information content (AvgIpc) is 2.43. The molecule has 0 spiro atoms. The molecular weight excluding hydrogens is 180 g/mol. The second kappa shape index (κ2) is 3.88. The molecule has 7 nitrogen and oxygen atoms in total. The van der Waals surface area contributed by atoms with Crippen molar-refractivity contribution in [2.75, 3.05) is 6.61 Å². The van der Waals surface area contributed by atoms with Gasteiger partial charge in [0.25, 0.3) is 0 Å². The maximum Gasteiger partial charge on any atom is 0.171 e. The predicted molar refractivity (Wildman–Crippen MR) is 41.2 cm³/mol. The van der Waals surface area contributed by atoms with Gasteiger partial charge < -0.3 is 31.0 Å². The number of ether oxygens (including phenoxy) is 1. The van der Waals surface area contributed by atoms with Gasteiger partial charge in [0.05, 0.1) is 6.61 Å². The van der Waals surface area contributed by atoms with Gasteiger partial charge in [-0.3, -0.25) is 0 Å². The second-order valence-electron chi connectivity index (χ2n) is 2.78. The molecular formula is C6H12N2O5. The van der Waals surface area contributed by atoms with Crippen molar-refractivity contribution in [2.24, 2.45) is 10.9 Å². The third-order valence-electron chi connectivity index (χ3n) is 1.95. The van der Waals surface area contributed by atoms with Crippen LogP contribution in [0.3, 0.4) is 0 Å². The van der Waals surface area contributed by atoms with Crippen molar-refractivity contribution >= 4 is 5.84 Å². The van der Waals surface area contributed by atoms with Crippen LogP contribution in [0.1, 0.15) is 0 Å². The molecule has 7 heteroatoms. The van der Waals surface area contributed by atoms with Gasteiger partial charge in [-0.05, 0) is 0 Å². The van der Waals surface area contributed by atoms with Crippen LogP contribution in [-0.4, -0.2) is 57.4 Å². The Bertz CT molecular complexity index is 209. The highest BCUT2D eigenvalue weighted by atomic mass is 16.6. The highest BCUT2D eigenvalue weighted by molar-refractivity contribution is 5.85. The van der Waals surface area contributed by atoms with Crippen LogP contribution in [0.2, 0.25) is 0 Å². The lowest BCUT2D eigenvalue weighted by molar-refractivity contribution is -0.0104. The van der Waals surface area contributed by atoms with E-state index >= 15 is 0 Å². The Kier molecular flexibility index (Phi) is 3.04. The van der Waals surface area contributed by atoms with Gasteiger partial charge in [0.1, 0.15) is 24.4 Å². The first-order chi connectivity index (χ1) is 6.11. The van der Waals surface area contributed by atoms with E-state index in [0.717, 1.165) is 0 Å². The topological polar surface area (TPSA) is 129 Å². The highest BCUT2D eigenvalue weighted by Gasteiger charge is 2.44. The average molecular weight is 192 g/mol. The Labute approximate surface area is 74.0 Å². The summed E-state index contributed by atoms with van der Waals surface area (Å²) < 4.78 is 4.92. The summed E-state index contributed by atoms with van der Waals surface area (Å²) in [5.41, 5.74) is 5.17. The molecule has 13 heavy (non-hydrogen) atoms. The van der Waals surface area contributed by atoms with Crippen molar-refractivity contribution in [3.05, 3.63) is 0 Å². The number of nitrogens with two attached hydrogens (primary N) is 1. The number of aliphatic hydroxyl groups is 3. The van der Waals surface area contributed by atoms with Crippen molar-refractivity contribution in [3.63, 3.8) is 0 Å². The molecule has 6 N–H and O–H groups in total. The van der Waals surface area contributed by atoms with Gasteiger partial charge in [0, 0.05) is 0 Å². The third kappa shape index (κ3) is 1.73. The number of hydrogen-bond donors (Lipinski definition) is 5. The molecule has 0 saturated carbocycles. The Morgan fingerprint density at radius 1 is 1.38 bits per heavy atom. The standard InChI is InChI=1S/C6H12N2O5/c7-6(8-12)5-4(11)3(10)2(1-9)13-5/h2-5,9-12H,1H2,(H2,7,8)/t2-,3-,4-,5-/m1/s1. The van der Waals surface area contributed by atoms with E-state index < -0.39 is 31.0 Å². The Balaban J connectivity index is 2.71. The molecule has 0 aromatic carbocycles. The summed E-state index contributed by atoms with van der Waals surface area (Å²) in [5.74, 6) is -0.331. The minimum atomic E-state index is -1.28. The van der Waals surface area contributed by atoms with Crippen molar-refractivity contribution < 1.29 is 25.3 Å². The van der Waals surface area contributed by atoms with Crippen LogP contribution in [0.4, 0.5) is 0 Å². The Morgan fingerprint density at radius 3 is 2.38 bits per heavy atom.